The van der Waals surface area contributed by atoms with Crippen molar-refractivity contribution in [1.29, 1.82) is 0 Å². The molecule has 24 heavy (non-hydrogen) atoms. The number of benzene rings is 1. The van der Waals surface area contributed by atoms with Gasteiger partial charge in [0, 0.05) is 31.9 Å². The maximum Gasteiger partial charge on any atom is 0.486 e. The summed E-state index contributed by atoms with van der Waals surface area (Å²) < 4.78 is 35.7. The fourth-order valence-corrected chi connectivity index (χ4v) is 3.73. The van der Waals surface area contributed by atoms with Gasteiger partial charge in [0.05, 0.1) is 19.0 Å². The molecule has 0 spiro atoms. The second kappa shape index (κ2) is 7.27. The summed E-state index contributed by atoms with van der Waals surface area (Å²) in [6.45, 7) is 5.12. The molecule has 0 aliphatic carbocycles. The van der Waals surface area contributed by atoms with Crippen LogP contribution in [0.5, 0.6) is 0 Å². The molecule has 3 rings (SSSR count). The first-order valence-corrected chi connectivity index (χ1v) is 10.0. The normalized spacial score (nSPS) is 23.3. The van der Waals surface area contributed by atoms with Gasteiger partial charge in [-0.05, 0) is 24.6 Å². The van der Waals surface area contributed by atoms with E-state index < -0.39 is 10.0 Å². The van der Waals surface area contributed by atoms with Crippen LogP contribution in [0.1, 0.15) is 12.5 Å². The molecule has 0 amide bonds. The van der Waals surface area contributed by atoms with Crippen LogP contribution in [0.25, 0.3) is 6.08 Å². The zero-order valence-electron chi connectivity index (χ0n) is 14.1. The third-order valence-electron chi connectivity index (χ3n) is 4.27. The molecule has 2 aliphatic heterocycles. The highest BCUT2D eigenvalue weighted by atomic mass is 32.2. The average Bonchev–Trinajstić information content (AvgIpc) is 2.98. The van der Waals surface area contributed by atoms with Crippen LogP contribution in [0.3, 0.4) is 0 Å². The van der Waals surface area contributed by atoms with E-state index in [2.05, 4.69) is 17.0 Å². The summed E-state index contributed by atoms with van der Waals surface area (Å²) in [5, 5.41) is 0. The number of hydrogen-bond donors (Lipinski definition) is 0. The van der Waals surface area contributed by atoms with Crippen LogP contribution < -0.4 is 4.90 Å². The molecule has 2 aliphatic rings. The molecule has 0 radical (unpaired) electrons. The van der Waals surface area contributed by atoms with Gasteiger partial charge in [0.25, 0.3) is 0 Å². The van der Waals surface area contributed by atoms with Crippen LogP contribution in [0, 0.1) is 0 Å². The van der Waals surface area contributed by atoms with E-state index in [9.17, 15) is 8.42 Å². The quantitative estimate of drug-likeness (QED) is 0.765. The molecule has 1 unspecified atom stereocenters. The zero-order valence-corrected chi connectivity index (χ0v) is 14.9. The molecule has 2 saturated heterocycles. The number of anilines is 1. The van der Waals surface area contributed by atoms with Gasteiger partial charge in [-0.2, -0.15) is 4.31 Å². The summed E-state index contributed by atoms with van der Waals surface area (Å²) in [5.41, 5.74) is 2.20. The van der Waals surface area contributed by atoms with Gasteiger partial charge in [0.2, 0.25) is 10.0 Å². The average molecular weight is 350 g/mol. The molecule has 0 bridgehead atoms. The lowest BCUT2D eigenvalue weighted by Gasteiger charge is -2.34. The lowest BCUT2D eigenvalue weighted by molar-refractivity contribution is 0.258. The van der Waals surface area contributed by atoms with E-state index in [0.717, 1.165) is 11.3 Å². The van der Waals surface area contributed by atoms with E-state index in [1.807, 2.05) is 31.1 Å². The van der Waals surface area contributed by atoms with Crippen LogP contribution in [0.4, 0.5) is 5.69 Å². The Balaban J connectivity index is 1.56. The minimum atomic E-state index is -3.08. The van der Waals surface area contributed by atoms with Gasteiger partial charge in [-0.3, -0.25) is 0 Å². The van der Waals surface area contributed by atoms with Crippen molar-refractivity contribution in [2.45, 2.75) is 13.0 Å². The van der Waals surface area contributed by atoms with Gasteiger partial charge in [0.15, 0.2) is 0 Å². The first-order valence-electron chi connectivity index (χ1n) is 8.17. The number of hydrogen-bond acceptors (Lipinski definition) is 5. The van der Waals surface area contributed by atoms with Crippen molar-refractivity contribution in [3.05, 3.63) is 35.8 Å². The second-order valence-electron chi connectivity index (χ2n) is 6.25. The van der Waals surface area contributed by atoms with E-state index in [1.54, 1.807) is 0 Å². The summed E-state index contributed by atoms with van der Waals surface area (Å²) >= 11 is 0. The fraction of sp³-hybridized carbons (Fsp3) is 0.500. The maximum absolute atomic E-state index is 11.6. The molecular weight excluding hydrogens is 327 g/mol. The molecule has 130 valence electrons. The van der Waals surface area contributed by atoms with Crippen LogP contribution in [0.15, 0.2) is 30.2 Å². The van der Waals surface area contributed by atoms with Crippen molar-refractivity contribution in [1.82, 2.24) is 4.31 Å². The molecule has 2 heterocycles. The molecule has 1 atom stereocenters. The third-order valence-corrected chi connectivity index (χ3v) is 5.58. The smallest absolute Gasteiger partial charge is 0.405 e. The van der Waals surface area contributed by atoms with Gasteiger partial charge < -0.3 is 14.2 Å². The van der Waals surface area contributed by atoms with E-state index >= 15 is 0 Å². The standard InChI is InChI=1S/C16H23BN2O4S/c1-14-13-22-17(23-14)8-7-15-3-5-16(6-4-15)18-9-11-19(12-10-18)24(2,20)21/h3-8,14H,9-13H2,1-2H3. The van der Waals surface area contributed by atoms with Crippen LogP contribution >= 0.6 is 0 Å². The first kappa shape index (κ1) is 17.5. The molecule has 8 heteroatoms. The Labute approximate surface area is 144 Å². The van der Waals surface area contributed by atoms with E-state index in [-0.39, 0.29) is 13.2 Å². The van der Waals surface area contributed by atoms with Crippen molar-refractivity contribution < 1.29 is 17.7 Å². The number of piperazine rings is 1. The van der Waals surface area contributed by atoms with E-state index in [1.165, 1.54) is 10.6 Å². The van der Waals surface area contributed by atoms with Crippen molar-refractivity contribution in [3.63, 3.8) is 0 Å². The summed E-state index contributed by atoms with van der Waals surface area (Å²) in [7, 11) is -3.34. The maximum atomic E-state index is 11.6. The Kier molecular flexibility index (Phi) is 5.29. The summed E-state index contributed by atoms with van der Waals surface area (Å²) in [4.78, 5) is 2.21. The molecule has 1 aromatic carbocycles. The SMILES string of the molecule is CC1COB(C=Cc2ccc(N3CCN(S(C)(=O)=O)CC3)cc2)O1. The highest BCUT2D eigenvalue weighted by Crippen LogP contribution is 2.19. The third kappa shape index (κ3) is 4.39. The highest BCUT2D eigenvalue weighted by Gasteiger charge is 2.25. The lowest BCUT2D eigenvalue weighted by Crippen LogP contribution is -2.48. The van der Waals surface area contributed by atoms with E-state index in [0.29, 0.717) is 32.8 Å². The van der Waals surface area contributed by atoms with Crippen LogP contribution in [-0.2, 0) is 19.3 Å². The molecule has 0 N–H and O–H groups in total. The largest absolute Gasteiger partial charge is 0.486 e. The monoisotopic (exact) mass is 350 g/mol. The highest BCUT2D eigenvalue weighted by molar-refractivity contribution is 7.88. The minimum Gasteiger partial charge on any atom is -0.405 e. The predicted molar refractivity (Wildman–Crippen MR) is 96.4 cm³/mol. The van der Waals surface area contributed by atoms with Gasteiger partial charge in [0.1, 0.15) is 0 Å². The van der Waals surface area contributed by atoms with Crippen molar-refractivity contribution in [2.75, 3.05) is 43.9 Å². The van der Waals surface area contributed by atoms with Crippen LogP contribution in [-0.4, -0.2) is 65.0 Å². The van der Waals surface area contributed by atoms with Gasteiger partial charge in [-0.25, -0.2) is 8.42 Å². The second-order valence-corrected chi connectivity index (χ2v) is 8.23. The van der Waals surface area contributed by atoms with Crippen molar-refractivity contribution in [3.8, 4) is 0 Å². The van der Waals surface area contributed by atoms with Gasteiger partial charge in [-0.1, -0.05) is 24.2 Å². The number of rotatable bonds is 4. The number of nitrogens with zero attached hydrogens (tertiary/aromatic N) is 2. The Morgan fingerprint density at radius 3 is 2.38 bits per heavy atom. The molecule has 0 aromatic heterocycles. The van der Waals surface area contributed by atoms with Gasteiger partial charge in [-0.15, -0.1) is 0 Å². The summed E-state index contributed by atoms with van der Waals surface area (Å²) in [6, 6.07) is 8.23. The predicted octanol–water partition coefficient (Wildman–Crippen LogP) is 1.24. The Bertz CT molecular complexity index is 685. The first-order chi connectivity index (χ1) is 11.4. The van der Waals surface area contributed by atoms with Crippen molar-refractivity contribution >= 4 is 28.9 Å². The summed E-state index contributed by atoms with van der Waals surface area (Å²) in [6.07, 6.45) is 3.41. The Hall–Kier alpha value is -1.35. The van der Waals surface area contributed by atoms with Crippen molar-refractivity contribution in [2.24, 2.45) is 0 Å². The molecule has 2 fully saturated rings. The fourth-order valence-electron chi connectivity index (χ4n) is 2.90. The lowest BCUT2D eigenvalue weighted by atomic mass is 9.89. The minimum absolute atomic E-state index is 0.146. The molecule has 0 saturated carbocycles. The molecule has 1 aromatic rings. The Morgan fingerprint density at radius 2 is 1.83 bits per heavy atom. The molecular formula is C16H23BN2O4S. The topological polar surface area (TPSA) is 59.1 Å². The Morgan fingerprint density at radius 1 is 1.17 bits per heavy atom. The van der Waals surface area contributed by atoms with Gasteiger partial charge >= 0.3 is 7.12 Å². The zero-order chi connectivity index (χ0) is 17.2. The molecule has 6 nitrogen and oxygen atoms in total. The number of sulfonamides is 1. The van der Waals surface area contributed by atoms with E-state index in [4.69, 9.17) is 9.31 Å². The van der Waals surface area contributed by atoms with Crippen LogP contribution in [0.2, 0.25) is 0 Å². The summed E-state index contributed by atoms with van der Waals surface area (Å²) in [5.74, 6) is 1.92.